The van der Waals surface area contributed by atoms with Crippen molar-refractivity contribution in [3.8, 4) is 0 Å². The molecular weight excluding hydrogens is 328 g/mol. The van der Waals surface area contributed by atoms with E-state index in [1.54, 1.807) is 13.0 Å². The van der Waals surface area contributed by atoms with Crippen molar-refractivity contribution in [3.63, 3.8) is 0 Å². The highest BCUT2D eigenvalue weighted by Crippen LogP contribution is 2.24. The molecule has 1 aliphatic rings. The summed E-state index contributed by atoms with van der Waals surface area (Å²) in [5.74, 6) is -0.281. The monoisotopic (exact) mass is 354 g/mol. The zero-order valence-corrected chi connectivity index (χ0v) is 15.7. The van der Waals surface area contributed by atoms with Crippen LogP contribution in [0.25, 0.3) is 0 Å². The lowest BCUT2D eigenvalue weighted by Crippen LogP contribution is -2.41. The minimum Gasteiger partial charge on any atom is -0.376 e. The van der Waals surface area contributed by atoms with Crippen molar-refractivity contribution in [3.05, 3.63) is 28.8 Å². The van der Waals surface area contributed by atoms with Crippen LogP contribution in [0.1, 0.15) is 41.3 Å². The van der Waals surface area contributed by atoms with Crippen LogP contribution in [0.5, 0.6) is 0 Å². The molecule has 0 unspecified atom stereocenters. The molecule has 7 heteroatoms. The Morgan fingerprint density at radius 3 is 2.54 bits per heavy atom. The van der Waals surface area contributed by atoms with E-state index >= 15 is 0 Å². The summed E-state index contributed by atoms with van der Waals surface area (Å²) >= 11 is 0. The molecule has 1 aliphatic heterocycles. The molecule has 0 spiro atoms. The highest BCUT2D eigenvalue weighted by atomic mass is 32.2. The maximum absolute atomic E-state index is 12.5. The van der Waals surface area contributed by atoms with Crippen molar-refractivity contribution in [1.82, 2.24) is 9.62 Å². The van der Waals surface area contributed by atoms with E-state index in [2.05, 4.69) is 5.32 Å². The molecule has 2 atom stereocenters. The van der Waals surface area contributed by atoms with Crippen molar-refractivity contribution >= 4 is 15.9 Å². The molecule has 2 rings (SSSR count). The third-order valence-corrected chi connectivity index (χ3v) is 6.46. The first-order chi connectivity index (χ1) is 11.1. The second kappa shape index (κ2) is 7.21. The molecular formula is C17H26N2O4S. The number of sulfonamides is 1. The number of nitrogens with zero attached hydrogens (tertiary/aromatic N) is 1. The molecule has 0 bridgehead atoms. The van der Waals surface area contributed by atoms with Crippen LogP contribution < -0.4 is 5.32 Å². The number of rotatable bonds is 5. The van der Waals surface area contributed by atoms with Gasteiger partial charge in [0.1, 0.15) is 0 Å². The summed E-state index contributed by atoms with van der Waals surface area (Å²) in [6.07, 6.45) is 1.94. The number of hydrogen-bond donors (Lipinski definition) is 1. The molecule has 1 amide bonds. The number of carbonyl (C=O) groups is 1. The first-order valence-corrected chi connectivity index (χ1v) is 9.55. The van der Waals surface area contributed by atoms with Gasteiger partial charge in [-0.05, 0) is 56.9 Å². The molecule has 1 N–H and O–H groups in total. The summed E-state index contributed by atoms with van der Waals surface area (Å²) in [5, 5.41) is 2.92. The van der Waals surface area contributed by atoms with E-state index in [4.69, 9.17) is 4.74 Å². The molecule has 1 aromatic carbocycles. The second-order valence-electron chi connectivity index (χ2n) is 6.52. The molecule has 1 heterocycles. The SMILES string of the molecule is Cc1cc(C(=O)N[C@@H](C)[C@@H]2CCCO2)cc(S(=O)(=O)N(C)C)c1C. The van der Waals surface area contributed by atoms with Gasteiger partial charge >= 0.3 is 0 Å². The fourth-order valence-electron chi connectivity index (χ4n) is 2.80. The molecule has 0 aromatic heterocycles. The smallest absolute Gasteiger partial charge is 0.251 e. The number of aryl methyl sites for hydroxylation is 1. The summed E-state index contributed by atoms with van der Waals surface area (Å²) in [6.45, 7) is 6.19. The summed E-state index contributed by atoms with van der Waals surface area (Å²) in [4.78, 5) is 12.7. The van der Waals surface area contributed by atoms with Gasteiger partial charge in [-0.25, -0.2) is 12.7 Å². The molecule has 134 valence electrons. The van der Waals surface area contributed by atoms with Crippen LogP contribution in [0.2, 0.25) is 0 Å². The third-order valence-electron chi connectivity index (χ3n) is 4.52. The number of nitrogens with one attached hydrogen (secondary N) is 1. The van der Waals surface area contributed by atoms with Gasteiger partial charge in [0.05, 0.1) is 17.0 Å². The highest BCUT2D eigenvalue weighted by molar-refractivity contribution is 7.89. The Balaban J connectivity index is 2.30. The Bertz CT molecular complexity index is 722. The number of amides is 1. The van der Waals surface area contributed by atoms with Gasteiger partial charge in [-0.15, -0.1) is 0 Å². The van der Waals surface area contributed by atoms with Crippen molar-refractivity contribution < 1.29 is 17.9 Å². The van der Waals surface area contributed by atoms with Crippen LogP contribution in [-0.4, -0.2) is 51.5 Å². The first-order valence-electron chi connectivity index (χ1n) is 8.11. The normalized spacial score (nSPS) is 19.5. The van der Waals surface area contributed by atoms with Crippen molar-refractivity contribution in [2.75, 3.05) is 20.7 Å². The van der Waals surface area contributed by atoms with Crippen LogP contribution in [0.15, 0.2) is 17.0 Å². The Hall–Kier alpha value is -1.44. The van der Waals surface area contributed by atoms with Gasteiger partial charge in [0.2, 0.25) is 10.0 Å². The van der Waals surface area contributed by atoms with Crippen molar-refractivity contribution in [2.45, 2.75) is 50.7 Å². The second-order valence-corrected chi connectivity index (χ2v) is 8.64. The molecule has 1 aromatic rings. The number of carbonyl (C=O) groups excluding carboxylic acids is 1. The summed E-state index contributed by atoms with van der Waals surface area (Å²) in [5.41, 5.74) is 1.78. The Labute approximate surface area is 144 Å². The van der Waals surface area contributed by atoms with Gasteiger partial charge in [0, 0.05) is 26.3 Å². The number of ether oxygens (including phenoxy) is 1. The lowest BCUT2D eigenvalue weighted by molar-refractivity contribution is 0.0712. The molecule has 0 saturated carbocycles. The van der Waals surface area contributed by atoms with Gasteiger partial charge in [0.15, 0.2) is 0 Å². The van der Waals surface area contributed by atoms with Crippen molar-refractivity contribution in [2.24, 2.45) is 0 Å². The summed E-state index contributed by atoms with van der Waals surface area (Å²) < 4.78 is 31.7. The lowest BCUT2D eigenvalue weighted by atomic mass is 10.0. The van der Waals surface area contributed by atoms with Crippen LogP contribution >= 0.6 is 0 Å². The minimum atomic E-state index is -3.60. The maximum Gasteiger partial charge on any atom is 0.251 e. The van der Waals surface area contributed by atoms with E-state index in [0.717, 1.165) is 29.3 Å². The van der Waals surface area contributed by atoms with Gasteiger partial charge < -0.3 is 10.1 Å². The predicted octanol–water partition coefficient (Wildman–Crippen LogP) is 1.85. The predicted molar refractivity (Wildman–Crippen MR) is 92.7 cm³/mol. The van der Waals surface area contributed by atoms with E-state index in [0.29, 0.717) is 11.1 Å². The fourth-order valence-corrected chi connectivity index (χ4v) is 4.02. The lowest BCUT2D eigenvalue weighted by Gasteiger charge is -2.21. The van der Waals surface area contributed by atoms with Gasteiger partial charge in [-0.2, -0.15) is 0 Å². The average molecular weight is 354 g/mol. The minimum absolute atomic E-state index is 0.0190. The van der Waals surface area contributed by atoms with E-state index < -0.39 is 10.0 Å². The molecule has 1 saturated heterocycles. The average Bonchev–Trinajstić information content (AvgIpc) is 3.03. The molecule has 0 aliphatic carbocycles. The fraction of sp³-hybridized carbons (Fsp3) is 0.588. The summed E-state index contributed by atoms with van der Waals surface area (Å²) in [6, 6.07) is 3.06. The zero-order valence-electron chi connectivity index (χ0n) is 14.9. The topological polar surface area (TPSA) is 75.7 Å². The van der Waals surface area contributed by atoms with Crippen molar-refractivity contribution in [1.29, 1.82) is 0 Å². The quantitative estimate of drug-likeness (QED) is 0.876. The Kier molecular flexibility index (Phi) is 5.67. The Morgan fingerprint density at radius 1 is 1.33 bits per heavy atom. The molecule has 24 heavy (non-hydrogen) atoms. The van der Waals surface area contributed by atoms with E-state index in [-0.39, 0.29) is 22.9 Å². The molecule has 0 radical (unpaired) electrons. The largest absolute Gasteiger partial charge is 0.376 e. The summed E-state index contributed by atoms with van der Waals surface area (Å²) in [7, 11) is -0.637. The van der Waals surface area contributed by atoms with Crippen LogP contribution in [-0.2, 0) is 14.8 Å². The number of hydrogen-bond acceptors (Lipinski definition) is 4. The van der Waals surface area contributed by atoms with Crippen LogP contribution in [0.4, 0.5) is 0 Å². The standard InChI is InChI=1S/C17H26N2O4S/c1-11-9-14(10-16(12(11)2)24(21,22)19(4)5)17(20)18-13(3)15-7-6-8-23-15/h9-10,13,15H,6-8H2,1-5H3,(H,18,20)/t13-,15-/m0/s1. The van der Waals surface area contributed by atoms with E-state index in [9.17, 15) is 13.2 Å². The first kappa shape index (κ1) is 18.9. The van der Waals surface area contributed by atoms with Gasteiger partial charge in [0.25, 0.3) is 5.91 Å². The number of benzene rings is 1. The van der Waals surface area contributed by atoms with Crippen LogP contribution in [0.3, 0.4) is 0 Å². The van der Waals surface area contributed by atoms with Crippen LogP contribution in [0, 0.1) is 13.8 Å². The molecule has 1 fully saturated rings. The van der Waals surface area contributed by atoms with E-state index in [1.807, 2.05) is 13.8 Å². The molecule has 6 nitrogen and oxygen atoms in total. The van der Waals surface area contributed by atoms with Gasteiger partial charge in [-0.3, -0.25) is 4.79 Å². The Morgan fingerprint density at radius 2 is 2.00 bits per heavy atom. The maximum atomic E-state index is 12.5. The van der Waals surface area contributed by atoms with Gasteiger partial charge in [-0.1, -0.05) is 0 Å². The van der Waals surface area contributed by atoms with E-state index in [1.165, 1.54) is 20.2 Å². The highest BCUT2D eigenvalue weighted by Gasteiger charge is 2.26. The zero-order chi connectivity index (χ0) is 18.1. The third kappa shape index (κ3) is 3.79.